The van der Waals surface area contributed by atoms with E-state index in [4.69, 9.17) is 19.1 Å². The van der Waals surface area contributed by atoms with Crippen molar-refractivity contribution in [3.05, 3.63) is 59.2 Å². The van der Waals surface area contributed by atoms with E-state index in [0.717, 1.165) is 0 Å². The van der Waals surface area contributed by atoms with E-state index < -0.39 is 65.7 Å². The predicted octanol–water partition coefficient (Wildman–Crippen LogP) is 4.68. The molecule has 2 unspecified atom stereocenters. The van der Waals surface area contributed by atoms with E-state index in [1.165, 1.54) is 11.3 Å². The first-order chi connectivity index (χ1) is 23.8. The minimum absolute atomic E-state index is 0.000593. The van der Waals surface area contributed by atoms with Gasteiger partial charge in [-0.05, 0) is 44.9 Å². The number of rotatable bonds is 10. The molecule has 0 saturated carbocycles. The maximum absolute atomic E-state index is 13.6. The molecular weight excluding hydrogens is 678 g/mol. The van der Waals surface area contributed by atoms with Crippen LogP contribution in [0.15, 0.2) is 30.3 Å². The molecule has 2 N–H and O–H groups in total. The van der Waals surface area contributed by atoms with Crippen LogP contribution >= 0.6 is 0 Å². The summed E-state index contributed by atoms with van der Waals surface area (Å²) in [6.45, 7) is 13.3. The van der Waals surface area contributed by atoms with Crippen molar-refractivity contribution >= 4 is 36.2 Å². The first-order valence-corrected chi connectivity index (χ1v) is 16.0. The molecule has 2 atom stereocenters. The normalized spacial score (nSPS) is 15.0. The van der Waals surface area contributed by atoms with Crippen LogP contribution in [0.5, 0.6) is 5.75 Å². The number of carbonyl (C=O) groups excluding carboxylic acids is 5. The average Bonchev–Trinajstić information content (AvgIpc) is 3.31. The lowest BCUT2D eigenvalue weighted by atomic mass is 9.86. The van der Waals surface area contributed by atoms with Gasteiger partial charge in [-0.15, -0.1) is 0 Å². The smallest absolute Gasteiger partial charge is 0.227 e. The van der Waals surface area contributed by atoms with Crippen molar-refractivity contribution < 1.29 is 55.7 Å². The second kappa shape index (κ2) is 23.3. The topological polar surface area (TPSA) is 140 Å². The fourth-order valence-electron chi connectivity index (χ4n) is 4.06. The Labute approximate surface area is 297 Å². The molecule has 1 aliphatic rings. The fraction of sp³-hybridized carbons (Fsp3) is 0.528. The molecule has 1 fully saturated rings. The highest BCUT2D eigenvalue weighted by Crippen LogP contribution is 2.29. The van der Waals surface area contributed by atoms with Gasteiger partial charge in [0.2, 0.25) is 17.5 Å². The maximum atomic E-state index is 13.6. The molecule has 0 aromatic heterocycles. The summed E-state index contributed by atoms with van der Waals surface area (Å²) in [6.07, 6.45) is 0.349. The molecule has 3 rings (SSSR count). The van der Waals surface area contributed by atoms with Crippen molar-refractivity contribution in [1.29, 1.82) is 0 Å². The van der Waals surface area contributed by atoms with Crippen LogP contribution in [0.25, 0.3) is 0 Å². The number of likely N-dealkylation sites (N-methyl/N-ethyl adjacent to an activating group) is 1. The molecule has 51 heavy (non-hydrogen) atoms. The van der Waals surface area contributed by atoms with Gasteiger partial charge >= 0.3 is 0 Å². The largest absolute Gasteiger partial charge is 0.479 e. The molecule has 1 aliphatic heterocycles. The monoisotopic (exact) mass is 729 g/mol. The highest BCUT2D eigenvalue weighted by atomic mass is 19.2. The molecule has 11 nitrogen and oxygen atoms in total. The van der Waals surface area contributed by atoms with Gasteiger partial charge in [-0.2, -0.15) is 8.78 Å². The van der Waals surface area contributed by atoms with Gasteiger partial charge in [-0.25, -0.2) is 8.78 Å². The van der Waals surface area contributed by atoms with E-state index in [-0.39, 0.29) is 36.3 Å². The number of aldehydes is 3. The Bertz CT molecular complexity index is 1380. The van der Waals surface area contributed by atoms with E-state index in [1.54, 1.807) is 14.2 Å². The summed E-state index contributed by atoms with van der Waals surface area (Å²) in [7, 11) is 5.46. The Morgan fingerprint density at radius 2 is 1.55 bits per heavy atom. The summed E-state index contributed by atoms with van der Waals surface area (Å²) in [5, 5.41) is 5.58. The Hall–Kier alpha value is -4.21. The minimum atomic E-state index is -1.80. The number of hydrogen-bond donors (Lipinski definition) is 2. The molecule has 2 aromatic carbocycles. The number of para-hydroxylation sites is 1. The number of amides is 1. The molecule has 2 aromatic rings. The third kappa shape index (κ3) is 18.0. The summed E-state index contributed by atoms with van der Waals surface area (Å²) in [4.78, 5) is 55.0. The lowest BCUT2D eigenvalue weighted by Crippen LogP contribution is -2.48. The van der Waals surface area contributed by atoms with E-state index >= 15 is 0 Å². The summed E-state index contributed by atoms with van der Waals surface area (Å²) < 4.78 is 68.5. The van der Waals surface area contributed by atoms with Crippen molar-refractivity contribution in [3.8, 4) is 5.75 Å². The zero-order valence-electron chi connectivity index (χ0n) is 30.7. The average molecular weight is 730 g/mol. The van der Waals surface area contributed by atoms with Gasteiger partial charge in [0.1, 0.15) is 12.9 Å². The molecular formula is C36H51F4N3O8. The number of halogens is 4. The van der Waals surface area contributed by atoms with Crippen LogP contribution in [0, 0.1) is 29.2 Å². The fourth-order valence-corrected chi connectivity index (χ4v) is 4.06. The van der Waals surface area contributed by atoms with Crippen LogP contribution in [-0.4, -0.2) is 101 Å². The summed E-state index contributed by atoms with van der Waals surface area (Å²) in [5.74, 6) is -10.4. The number of methoxy groups -OCH3 is 1. The zero-order chi connectivity index (χ0) is 39.4. The summed E-state index contributed by atoms with van der Waals surface area (Å²) >= 11 is 0. The number of Topliss-reactive ketones (excluding diaryl/α,β-unsaturated/α-hetero) is 1. The van der Waals surface area contributed by atoms with Gasteiger partial charge in [-0.3, -0.25) is 19.2 Å². The van der Waals surface area contributed by atoms with E-state index in [1.807, 2.05) is 32.7 Å². The van der Waals surface area contributed by atoms with Crippen LogP contribution in [0.3, 0.4) is 0 Å². The van der Waals surface area contributed by atoms with Crippen molar-refractivity contribution in [2.75, 3.05) is 59.4 Å². The van der Waals surface area contributed by atoms with Crippen LogP contribution < -0.4 is 15.4 Å². The maximum Gasteiger partial charge on any atom is 0.227 e. The molecule has 0 spiro atoms. The van der Waals surface area contributed by atoms with Crippen molar-refractivity contribution in [2.45, 2.75) is 65.0 Å². The standard InChI is InChI=1S/C18H20F4N2O5.C11H17N.C5H12O.C2H2O2/c1-24-3-5-28-8-10(7-24)18(27)23-13(2-4-25)14(26)9-29-17-15(21)11(19)6-12(20)16(17)22;1-11(2,3)9-7-5-6-8-10(9)12-4;1-5(2,3)6-4;3-1-2-4/h4,6,10,13H,2-3,5,7-9H2,1H3,(H,23,27);5-8,12H,1-4H3;1-4H3;1-2H. The van der Waals surface area contributed by atoms with E-state index in [2.05, 4.69) is 60.4 Å². The number of carbonyl (C=O) groups is 5. The van der Waals surface area contributed by atoms with Gasteiger partial charge in [0.05, 0.1) is 30.8 Å². The summed E-state index contributed by atoms with van der Waals surface area (Å²) in [5.41, 5.74) is 2.86. The SMILES string of the molecule is CN1CCOCC(C(=O)NC(CC=O)C(=O)COc2c(F)c(F)cc(F)c2F)C1.CNc1ccccc1C(C)(C)C.COC(C)(C)C.O=CC=O. The number of ketones is 1. The predicted molar refractivity (Wildman–Crippen MR) is 185 cm³/mol. The number of hydrogen-bond acceptors (Lipinski definition) is 10. The first kappa shape index (κ1) is 46.8. The molecule has 1 heterocycles. The third-order valence-electron chi connectivity index (χ3n) is 6.98. The number of nitrogens with zero attached hydrogens (tertiary/aromatic N) is 1. The minimum Gasteiger partial charge on any atom is -0.479 e. The van der Waals surface area contributed by atoms with Crippen LogP contribution in [-0.2, 0) is 38.9 Å². The molecule has 0 bridgehead atoms. The van der Waals surface area contributed by atoms with Crippen molar-refractivity contribution in [3.63, 3.8) is 0 Å². The number of benzene rings is 2. The number of anilines is 1. The second-order valence-corrected chi connectivity index (χ2v) is 13.2. The van der Waals surface area contributed by atoms with Gasteiger partial charge in [-0.1, -0.05) is 39.0 Å². The van der Waals surface area contributed by atoms with Gasteiger partial charge in [0, 0.05) is 45.4 Å². The van der Waals surface area contributed by atoms with Gasteiger partial charge < -0.3 is 34.5 Å². The quantitative estimate of drug-likeness (QED) is 0.153. The van der Waals surface area contributed by atoms with Crippen LogP contribution in [0.1, 0.15) is 53.5 Å². The Morgan fingerprint density at radius 1 is 1.00 bits per heavy atom. The lowest BCUT2D eigenvalue weighted by Gasteiger charge is -2.22. The van der Waals surface area contributed by atoms with E-state index in [9.17, 15) is 31.9 Å². The Kier molecular flexibility index (Phi) is 21.4. The molecule has 286 valence electrons. The highest BCUT2D eigenvalue weighted by Gasteiger charge is 2.29. The molecule has 15 heteroatoms. The Morgan fingerprint density at radius 3 is 2.00 bits per heavy atom. The lowest BCUT2D eigenvalue weighted by molar-refractivity contribution is -0.132. The molecule has 0 radical (unpaired) electrons. The van der Waals surface area contributed by atoms with Crippen LogP contribution in [0.2, 0.25) is 0 Å². The number of ether oxygens (including phenoxy) is 3. The van der Waals surface area contributed by atoms with Crippen LogP contribution in [0.4, 0.5) is 23.2 Å². The van der Waals surface area contributed by atoms with Crippen molar-refractivity contribution in [2.24, 2.45) is 5.92 Å². The van der Waals surface area contributed by atoms with Gasteiger partial charge in [0.25, 0.3) is 0 Å². The second-order valence-electron chi connectivity index (χ2n) is 13.2. The van der Waals surface area contributed by atoms with Crippen molar-refractivity contribution in [1.82, 2.24) is 10.2 Å². The molecule has 1 amide bonds. The number of nitrogens with one attached hydrogen (secondary N) is 2. The Balaban J connectivity index is 0.000000923. The van der Waals surface area contributed by atoms with E-state index in [0.29, 0.717) is 26.0 Å². The highest BCUT2D eigenvalue weighted by molar-refractivity contribution is 6.09. The van der Waals surface area contributed by atoms with Gasteiger partial charge in [0.15, 0.2) is 35.7 Å². The summed E-state index contributed by atoms with van der Waals surface area (Å²) in [6, 6.07) is 7.09. The zero-order valence-corrected chi connectivity index (χ0v) is 30.7. The molecule has 0 aliphatic carbocycles. The third-order valence-corrected chi connectivity index (χ3v) is 6.98. The first-order valence-electron chi connectivity index (χ1n) is 16.0. The molecule has 1 saturated heterocycles.